The molecule has 0 spiro atoms. The molecular weight excluding hydrogens is 260 g/mol. The van der Waals surface area contributed by atoms with Gasteiger partial charge in [-0.1, -0.05) is 26.2 Å². The first-order chi connectivity index (χ1) is 8.64. The summed E-state index contributed by atoms with van der Waals surface area (Å²) in [5.41, 5.74) is 6.47. The third-order valence-electron chi connectivity index (χ3n) is 5.25. The molecule has 0 unspecified atom stereocenters. The Morgan fingerprint density at radius 2 is 1.74 bits per heavy atom. The molecule has 0 bridgehead atoms. The number of carbonyl (C=O) groups excluding carboxylic acids is 1. The van der Waals surface area contributed by atoms with E-state index < -0.39 is 0 Å². The predicted octanol–water partition coefficient (Wildman–Crippen LogP) is 3.01. The van der Waals surface area contributed by atoms with Gasteiger partial charge in [0.15, 0.2) is 0 Å². The smallest absolute Gasteiger partial charge is 0.220 e. The maximum atomic E-state index is 12.1. The summed E-state index contributed by atoms with van der Waals surface area (Å²) in [5.74, 6) is 0.224. The van der Waals surface area contributed by atoms with E-state index in [1.54, 1.807) is 0 Å². The van der Waals surface area contributed by atoms with Gasteiger partial charge in [0.2, 0.25) is 5.91 Å². The van der Waals surface area contributed by atoms with Crippen molar-refractivity contribution < 1.29 is 4.79 Å². The lowest BCUT2D eigenvalue weighted by Crippen LogP contribution is -2.40. The number of amides is 1. The number of nitrogens with one attached hydrogen (secondary N) is 1. The standard InChI is InChI=1S/C15H28N2O.ClH/c1-2-14(8-9-14)12-17-13(18)10-15(11-16)6-4-3-5-7-15;/h2-12,16H2,1H3,(H,17,18);1H. The Bertz CT molecular complexity index is 297. The fourth-order valence-corrected chi connectivity index (χ4v) is 3.28. The second-order valence-electron chi connectivity index (χ2n) is 6.57. The van der Waals surface area contributed by atoms with Crippen molar-refractivity contribution in [3.63, 3.8) is 0 Å². The minimum atomic E-state index is 0. The molecule has 0 aromatic carbocycles. The lowest BCUT2D eigenvalue weighted by Gasteiger charge is -2.35. The summed E-state index contributed by atoms with van der Waals surface area (Å²) in [6.45, 7) is 3.77. The number of hydrogen-bond donors (Lipinski definition) is 2. The second-order valence-corrected chi connectivity index (χ2v) is 6.57. The average Bonchev–Trinajstić information content (AvgIpc) is 3.18. The van der Waals surface area contributed by atoms with E-state index in [-0.39, 0.29) is 23.7 Å². The van der Waals surface area contributed by atoms with Crippen molar-refractivity contribution >= 4 is 18.3 Å². The molecule has 0 radical (unpaired) electrons. The lowest BCUT2D eigenvalue weighted by atomic mass is 9.71. The quantitative estimate of drug-likeness (QED) is 0.789. The molecule has 3 N–H and O–H groups in total. The van der Waals surface area contributed by atoms with Crippen LogP contribution in [-0.4, -0.2) is 19.0 Å². The van der Waals surface area contributed by atoms with Crippen LogP contribution < -0.4 is 11.1 Å². The van der Waals surface area contributed by atoms with Crippen LogP contribution in [0.15, 0.2) is 0 Å². The third-order valence-corrected chi connectivity index (χ3v) is 5.25. The van der Waals surface area contributed by atoms with E-state index in [4.69, 9.17) is 5.73 Å². The van der Waals surface area contributed by atoms with E-state index in [1.807, 2.05) is 0 Å². The highest BCUT2D eigenvalue weighted by Gasteiger charge is 2.41. The van der Waals surface area contributed by atoms with Crippen LogP contribution in [0.1, 0.15) is 64.7 Å². The van der Waals surface area contributed by atoms with Crippen LogP contribution in [0.4, 0.5) is 0 Å². The van der Waals surface area contributed by atoms with E-state index in [2.05, 4.69) is 12.2 Å². The van der Waals surface area contributed by atoms with Gasteiger partial charge in [-0.15, -0.1) is 12.4 Å². The molecule has 0 aliphatic heterocycles. The van der Waals surface area contributed by atoms with Gasteiger partial charge in [-0.2, -0.15) is 0 Å². The van der Waals surface area contributed by atoms with Crippen LogP contribution in [0, 0.1) is 10.8 Å². The normalized spacial score (nSPS) is 23.3. The molecule has 2 rings (SSSR count). The van der Waals surface area contributed by atoms with Crippen molar-refractivity contribution in [1.29, 1.82) is 0 Å². The highest BCUT2D eigenvalue weighted by molar-refractivity contribution is 5.85. The summed E-state index contributed by atoms with van der Waals surface area (Å²) in [7, 11) is 0. The van der Waals surface area contributed by atoms with Crippen molar-refractivity contribution in [3.05, 3.63) is 0 Å². The van der Waals surface area contributed by atoms with E-state index in [1.165, 1.54) is 38.5 Å². The first kappa shape index (κ1) is 16.8. The van der Waals surface area contributed by atoms with Gasteiger partial charge < -0.3 is 11.1 Å². The molecule has 0 aromatic rings. The van der Waals surface area contributed by atoms with Gasteiger partial charge in [-0.25, -0.2) is 0 Å². The highest BCUT2D eigenvalue weighted by Crippen LogP contribution is 2.48. The molecule has 2 aliphatic rings. The first-order valence-electron chi connectivity index (χ1n) is 7.61. The van der Waals surface area contributed by atoms with Gasteiger partial charge in [-0.3, -0.25) is 4.79 Å². The van der Waals surface area contributed by atoms with Gasteiger partial charge >= 0.3 is 0 Å². The number of halogens is 1. The molecule has 0 atom stereocenters. The van der Waals surface area contributed by atoms with Crippen molar-refractivity contribution in [1.82, 2.24) is 5.32 Å². The zero-order chi connectivity index (χ0) is 13.1. The Kier molecular flexibility index (Phi) is 6.13. The van der Waals surface area contributed by atoms with Crippen molar-refractivity contribution in [2.75, 3.05) is 13.1 Å². The molecule has 0 heterocycles. The number of hydrogen-bond acceptors (Lipinski definition) is 2. The molecule has 0 aromatic heterocycles. The van der Waals surface area contributed by atoms with Gasteiger partial charge in [0.05, 0.1) is 0 Å². The zero-order valence-electron chi connectivity index (χ0n) is 12.2. The SMILES string of the molecule is CCC1(CNC(=O)CC2(CN)CCCCC2)CC1.Cl. The minimum absolute atomic E-state index is 0. The summed E-state index contributed by atoms with van der Waals surface area (Å²) in [4.78, 5) is 12.1. The second kappa shape index (κ2) is 6.94. The van der Waals surface area contributed by atoms with Crippen LogP contribution in [0.2, 0.25) is 0 Å². The molecule has 112 valence electrons. The molecule has 2 saturated carbocycles. The molecule has 19 heavy (non-hydrogen) atoms. The third kappa shape index (κ3) is 4.35. The van der Waals surface area contributed by atoms with Crippen molar-refractivity contribution in [3.8, 4) is 0 Å². The van der Waals surface area contributed by atoms with E-state index in [0.29, 0.717) is 18.4 Å². The fourth-order valence-electron chi connectivity index (χ4n) is 3.28. The number of nitrogens with two attached hydrogens (primary N) is 1. The highest BCUT2D eigenvalue weighted by atomic mass is 35.5. The minimum Gasteiger partial charge on any atom is -0.356 e. The molecular formula is C15H29ClN2O. The maximum Gasteiger partial charge on any atom is 0.220 e. The molecule has 2 aliphatic carbocycles. The Labute approximate surface area is 123 Å². The monoisotopic (exact) mass is 288 g/mol. The summed E-state index contributed by atoms with van der Waals surface area (Å²) in [5, 5.41) is 3.15. The Morgan fingerprint density at radius 1 is 1.11 bits per heavy atom. The Morgan fingerprint density at radius 3 is 2.21 bits per heavy atom. The van der Waals surface area contributed by atoms with Crippen molar-refractivity contribution in [2.45, 2.75) is 64.7 Å². The molecule has 0 saturated heterocycles. The van der Waals surface area contributed by atoms with Gasteiger partial charge in [-0.05, 0) is 49.5 Å². The van der Waals surface area contributed by atoms with Crippen LogP contribution in [0.3, 0.4) is 0 Å². The lowest BCUT2D eigenvalue weighted by molar-refractivity contribution is -0.124. The fraction of sp³-hybridized carbons (Fsp3) is 0.933. The summed E-state index contributed by atoms with van der Waals surface area (Å²) >= 11 is 0. The van der Waals surface area contributed by atoms with Gasteiger partial charge in [0.1, 0.15) is 0 Å². The Hall–Kier alpha value is -0.280. The van der Waals surface area contributed by atoms with E-state index >= 15 is 0 Å². The largest absolute Gasteiger partial charge is 0.356 e. The number of carbonyl (C=O) groups is 1. The Balaban J connectivity index is 0.00000180. The zero-order valence-corrected chi connectivity index (χ0v) is 13.0. The van der Waals surface area contributed by atoms with E-state index in [9.17, 15) is 4.79 Å². The topological polar surface area (TPSA) is 55.1 Å². The average molecular weight is 289 g/mol. The summed E-state index contributed by atoms with van der Waals surface area (Å²) < 4.78 is 0. The van der Waals surface area contributed by atoms with E-state index in [0.717, 1.165) is 19.4 Å². The number of rotatable bonds is 6. The van der Waals surface area contributed by atoms with Crippen LogP contribution in [0.5, 0.6) is 0 Å². The van der Waals surface area contributed by atoms with Gasteiger partial charge in [0.25, 0.3) is 0 Å². The maximum absolute atomic E-state index is 12.1. The van der Waals surface area contributed by atoms with Crippen LogP contribution in [0.25, 0.3) is 0 Å². The summed E-state index contributed by atoms with van der Waals surface area (Å²) in [6.07, 6.45) is 10.5. The van der Waals surface area contributed by atoms with Crippen LogP contribution in [-0.2, 0) is 4.79 Å². The molecule has 1 amide bonds. The predicted molar refractivity (Wildman–Crippen MR) is 81.4 cm³/mol. The van der Waals surface area contributed by atoms with Crippen molar-refractivity contribution in [2.24, 2.45) is 16.6 Å². The van der Waals surface area contributed by atoms with Gasteiger partial charge in [0, 0.05) is 13.0 Å². The molecule has 4 heteroatoms. The van der Waals surface area contributed by atoms with Crippen LogP contribution >= 0.6 is 12.4 Å². The molecule has 3 nitrogen and oxygen atoms in total. The molecule has 2 fully saturated rings. The summed E-state index contributed by atoms with van der Waals surface area (Å²) in [6, 6.07) is 0. The first-order valence-corrected chi connectivity index (χ1v) is 7.61.